The molecule has 12 aromatic rings. The van der Waals surface area contributed by atoms with Gasteiger partial charge in [0.1, 0.15) is 47.7 Å². The van der Waals surface area contributed by atoms with E-state index in [0.29, 0.717) is 87.3 Å². The van der Waals surface area contributed by atoms with E-state index in [0.717, 1.165) is 67.9 Å². The molecule has 506 valence electrons. The van der Waals surface area contributed by atoms with Crippen LogP contribution in [0.4, 0.5) is 22.7 Å². The molecular weight excluding hydrogens is 1350 g/mol. The molecule has 0 saturated heterocycles. The lowest BCUT2D eigenvalue weighted by Gasteiger charge is -2.19. The first kappa shape index (κ1) is 72.9. The Hall–Kier alpha value is -10.3. The Morgan fingerprint density at radius 3 is 1.05 bits per heavy atom. The van der Waals surface area contributed by atoms with Gasteiger partial charge in [-0.1, -0.05) is 230 Å². The normalized spacial score (nSPS) is 10.6. The smallest absolute Gasteiger partial charge is 0.157 e. The monoisotopic (exact) mass is 1420 g/mol. The molecule has 8 N–H and O–H groups in total. The highest BCUT2D eigenvalue weighted by atomic mass is 35.5. The molecule has 0 heterocycles. The molecule has 0 atom stereocenters. The number of rotatable bonds is 22. The van der Waals surface area contributed by atoms with Gasteiger partial charge >= 0.3 is 0 Å². The van der Waals surface area contributed by atoms with E-state index in [1.54, 1.807) is 84.9 Å². The van der Waals surface area contributed by atoms with Crippen molar-refractivity contribution in [2.75, 3.05) is 21.3 Å². The number of ether oxygens (including phenoxy) is 4. The van der Waals surface area contributed by atoms with E-state index < -0.39 is 0 Å². The Labute approximate surface area is 603 Å². The molecule has 12 aromatic carbocycles. The summed E-state index contributed by atoms with van der Waals surface area (Å²) in [6.45, 7) is 9.80. The number of halogens is 5. The van der Waals surface area contributed by atoms with Gasteiger partial charge < -0.3 is 60.6 Å². The zero-order chi connectivity index (χ0) is 69.9. The van der Waals surface area contributed by atoms with Crippen LogP contribution in [0.2, 0.25) is 25.1 Å². The quantitative estimate of drug-likeness (QED) is 0.0303. The summed E-state index contributed by atoms with van der Waals surface area (Å²) in [5.41, 5.74) is 10.2. The predicted octanol–water partition coefficient (Wildman–Crippen LogP) is 23.3. The molecule has 0 saturated carbocycles. The fraction of sp³-hybridized carbons (Fsp3) is 0.122. The van der Waals surface area contributed by atoms with E-state index in [-0.39, 0.29) is 28.4 Å². The van der Waals surface area contributed by atoms with Crippen LogP contribution in [0.15, 0.2) is 279 Å². The summed E-state index contributed by atoms with van der Waals surface area (Å²) in [6, 6.07) is 87.7. The van der Waals surface area contributed by atoms with Crippen LogP contribution >= 0.6 is 58.0 Å². The molecule has 99 heavy (non-hydrogen) atoms. The molecule has 12 rings (SSSR count). The van der Waals surface area contributed by atoms with Gasteiger partial charge in [0.25, 0.3) is 0 Å². The number of hydrogen-bond acceptors (Lipinski definition) is 12. The third-order valence-electron chi connectivity index (χ3n) is 15.0. The number of hydrogen-bond donors (Lipinski definition) is 8. The molecule has 0 aliphatic carbocycles. The second kappa shape index (κ2) is 36.9. The Morgan fingerprint density at radius 1 is 0.303 bits per heavy atom. The number of phenols is 4. The highest BCUT2D eigenvalue weighted by Gasteiger charge is 2.15. The lowest BCUT2D eigenvalue weighted by Crippen LogP contribution is -2.10. The van der Waals surface area contributed by atoms with Gasteiger partial charge in [-0.15, -0.1) is 0 Å². The van der Waals surface area contributed by atoms with Gasteiger partial charge in [0, 0.05) is 36.8 Å². The minimum absolute atomic E-state index is 0.0488. The van der Waals surface area contributed by atoms with Crippen molar-refractivity contribution in [2.45, 2.75) is 65.6 Å². The van der Waals surface area contributed by atoms with Gasteiger partial charge in [-0.3, -0.25) is 0 Å². The number of anilines is 4. The van der Waals surface area contributed by atoms with Gasteiger partial charge in [0.05, 0.1) is 42.8 Å². The second-order valence-electron chi connectivity index (χ2n) is 23.5. The average molecular weight is 1420 g/mol. The molecular formula is C82H75Cl5N4O8. The van der Waals surface area contributed by atoms with Crippen molar-refractivity contribution in [3.8, 4) is 57.5 Å². The topological polar surface area (TPSA) is 166 Å². The SMILES string of the molecule is CC(C)(C)c1ccc(Oc2cccc(CNc3cccc(Cl)c3O)c2)cc1.Oc1c(Cl)cccc1NCc1cccc(OCc2ccccc2)c1.Oc1c(Cl)cccc1NCc1cccc(Oc2ccc(Cl)cc2)c1.Oc1c(Cl)cccc1NCc1ccccc1OCc1ccccc1. The van der Waals surface area contributed by atoms with Crippen LogP contribution in [-0.4, -0.2) is 20.4 Å². The molecule has 0 spiro atoms. The minimum Gasteiger partial charge on any atom is -0.504 e. The Bertz CT molecular complexity index is 4510. The van der Waals surface area contributed by atoms with Crippen molar-refractivity contribution in [2.24, 2.45) is 0 Å². The zero-order valence-corrected chi connectivity index (χ0v) is 58.4. The first-order valence-corrected chi connectivity index (χ1v) is 33.5. The maximum Gasteiger partial charge on any atom is 0.157 e. The molecule has 0 aliphatic rings. The number of phenolic OH excluding ortho intramolecular Hbond substituents is 4. The third-order valence-corrected chi connectivity index (χ3v) is 16.5. The van der Waals surface area contributed by atoms with E-state index in [1.807, 2.05) is 182 Å². The predicted molar refractivity (Wildman–Crippen MR) is 406 cm³/mol. The summed E-state index contributed by atoms with van der Waals surface area (Å²) in [7, 11) is 0. The second-order valence-corrected chi connectivity index (χ2v) is 25.6. The maximum absolute atomic E-state index is 9.99. The van der Waals surface area contributed by atoms with Crippen LogP contribution in [0.1, 0.15) is 59.7 Å². The summed E-state index contributed by atoms with van der Waals surface area (Å²) in [5, 5.41) is 54.5. The zero-order valence-electron chi connectivity index (χ0n) is 54.6. The molecule has 0 radical (unpaired) electrons. The van der Waals surface area contributed by atoms with Crippen LogP contribution in [-0.2, 0) is 44.8 Å². The van der Waals surface area contributed by atoms with Crippen molar-refractivity contribution in [1.82, 2.24) is 0 Å². The average Bonchev–Trinajstić information content (AvgIpc) is 1.46. The number of para-hydroxylation sites is 5. The van der Waals surface area contributed by atoms with Crippen LogP contribution in [0.5, 0.6) is 57.5 Å². The molecule has 17 heteroatoms. The van der Waals surface area contributed by atoms with E-state index in [9.17, 15) is 20.4 Å². The van der Waals surface area contributed by atoms with E-state index in [1.165, 1.54) is 5.56 Å². The van der Waals surface area contributed by atoms with Crippen LogP contribution < -0.4 is 40.2 Å². The fourth-order valence-corrected chi connectivity index (χ4v) is 10.5. The Kier molecular flexibility index (Phi) is 27.2. The summed E-state index contributed by atoms with van der Waals surface area (Å²) >= 11 is 29.6. The van der Waals surface area contributed by atoms with Crippen LogP contribution in [0.3, 0.4) is 0 Å². The van der Waals surface area contributed by atoms with Crippen molar-refractivity contribution in [1.29, 1.82) is 0 Å². The van der Waals surface area contributed by atoms with Gasteiger partial charge in [-0.25, -0.2) is 0 Å². The summed E-state index contributed by atoms with van der Waals surface area (Å²) in [4.78, 5) is 0. The van der Waals surface area contributed by atoms with E-state index in [4.69, 9.17) is 77.0 Å². The fourth-order valence-electron chi connectivity index (χ4n) is 9.66. The molecule has 12 nitrogen and oxygen atoms in total. The summed E-state index contributed by atoms with van der Waals surface area (Å²) in [5.74, 6) is 4.89. The Balaban J connectivity index is 0.000000154. The third kappa shape index (κ3) is 23.2. The van der Waals surface area contributed by atoms with E-state index in [2.05, 4.69) is 54.2 Å². The number of aromatic hydroxyl groups is 4. The van der Waals surface area contributed by atoms with Crippen LogP contribution in [0, 0.1) is 0 Å². The standard InChI is InChI=1S/C23H24ClNO2.2C20H18ClNO2.C19H15Cl2NO2/c1-23(2,3)17-10-12-18(13-11-17)27-19-7-4-6-16(14-19)15-25-21-9-5-8-20(24)22(21)26;21-18-10-5-11-19(20(18)23)22-13-16-8-4-9-17(12-16)24-14-15-6-2-1-3-7-15;21-17-10-6-11-18(20(17)23)22-13-16-9-4-5-12-19(16)24-14-15-7-2-1-3-8-15;20-14-7-9-15(10-8-14)24-16-4-1-3-13(11-16)12-22-18-6-2-5-17(21)19(18)23/h4-14,25-26H,15H2,1-3H3;2*1-12,22-23H,13-14H2;1-11,22-23H,12H2. The molecule has 0 amide bonds. The van der Waals surface area contributed by atoms with Crippen molar-refractivity contribution in [3.05, 3.63) is 343 Å². The van der Waals surface area contributed by atoms with Crippen LogP contribution in [0.25, 0.3) is 0 Å². The summed E-state index contributed by atoms with van der Waals surface area (Å²) in [6.07, 6.45) is 0. The lowest BCUT2D eigenvalue weighted by molar-refractivity contribution is 0.303. The minimum atomic E-state index is 0.0488. The molecule has 0 unspecified atom stereocenters. The van der Waals surface area contributed by atoms with Crippen molar-refractivity contribution < 1.29 is 39.4 Å². The van der Waals surface area contributed by atoms with Crippen molar-refractivity contribution >= 4 is 80.8 Å². The van der Waals surface area contributed by atoms with Gasteiger partial charge in [0.2, 0.25) is 0 Å². The summed E-state index contributed by atoms with van der Waals surface area (Å²) < 4.78 is 23.6. The first-order chi connectivity index (χ1) is 47.9. The highest BCUT2D eigenvalue weighted by Crippen LogP contribution is 2.37. The number of benzene rings is 12. The van der Waals surface area contributed by atoms with Gasteiger partial charge in [-0.2, -0.15) is 0 Å². The molecule has 0 aromatic heterocycles. The first-order valence-electron chi connectivity index (χ1n) is 31.7. The van der Waals surface area contributed by atoms with Gasteiger partial charge in [0.15, 0.2) is 23.0 Å². The van der Waals surface area contributed by atoms with Crippen molar-refractivity contribution in [3.63, 3.8) is 0 Å². The molecule has 0 fully saturated rings. The molecule has 0 bridgehead atoms. The maximum atomic E-state index is 9.99. The van der Waals surface area contributed by atoms with E-state index >= 15 is 0 Å². The number of nitrogens with one attached hydrogen (secondary N) is 4. The Morgan fingerprint density at radius 2 is 0.636 bits per heavy atom. The lowest BCUT2D eigenvalue weighted by atomic mass is 9.87. The molecule has 0 aliphatic heterocycles. The largest absolute Gasteiger partial charge is 0.504 e. The highest BCUT2D eigenvalue weighted by molar-refractivity contribution is 6.33. The van der Waals surface area contributed by atoms with Gasteiger partial charge in [-0.05, 0) is 166 Å².